The van der Waals surface area contributed by atoms with E-state index in [2.05, 4.69) is 28.1 Å². The SMILES string of the molecule is OCc1ccc2nc(CCCN3CCC(c4ccccn4)CC3)sc2c1. The Morgan fingerprint density at radius 1 is 1.15 bits per heavy atom. The summed E-state index contributed by atoms with van der Waals surface area (Å²) in [6.07, 6.45) is 6.52. The van der Waals surface area contributed by atoms with Gasteiger partial charge in [-0.15, -0.1) is 11.3 Å². The number of rotatable bonds is 6. The van der Waals surface area contributed by atoms with Crippen molar-refractivity contribution in [3.8, 4) is 0 Å². The maximum absolute atomic E-state index is 9.26. The molecule has 4 rings (SSSR count). The highest BCUT2D eigenvalue weighted by molar-refractivity contribution is 7.18. The molecular weight excluding hydrogens is 342 g/mol. The van der Waals surface area contributed by atoms with E-state index in [1.54, 1.807) is 11.3 Å². The van der Waals surface area contributed by atoms with Crippen molar-refractivity contribution in [3.05, 3.63) is 58.9 Å². The molecular formula is C21H25N3OS. The molecule has 0 atom stereocenters. The monoisotopic (exact) mass is 367 g/mol. The Bertz CT molecular complexity index is 841. The van der Waals surface area contributed by atoms with Gasteiger partial charge in [-0.25, -0.2) is 4.98 Å². The van der Waals surface area contributed by atoms with Crippen molar-refractivity contribution in [2.75, 3.05) is 19.6 Å². The van der Waals surface area contributed by atoms with Gasteiger partial charge in [-0.2, -0.15) is 0 Å². The molecule has 0 bridgehead atoms. The fraction of sp³-hybridized carbons (Fsp3) is 0.429. The van der Waals surface area contributed by atoms with E-state index in [-0.39, 0.29) is 6.61 Å². The van der Waals surface area contributed by atoms with Gasteiger partial charge in [0.1, 0.15) is 0 Å². The van der Waals surface area contributed by atoms with Crippen LogP contribution in [0.3, 0.4) is 0 Å². The highest BCUT2D eigenvalue weighted by Crippen LogP contribution is 2.27. The molecule has 26 heavy (non-hydrogen) atoms. The Hall–Kier alpha value is -1.82. The van der Waals surface area contributed by atoms with Crippen LogP contribution in [0.2, 0.25) is 0 Å². The van der Waals surface area contributed by atoms with Gasteiger partial charge in [-0.1, -0.05) is 12.1 Å². The molecule has 3 aromatic rings. The number of aromatic nitrogens is 2. The van der Waals surface area contributed by atoms with E-state index in [1.165, 1.54) is 41.3 Å². The summed E-state index contributed by atoms with van der Waals surface area (Å²) in [5.74, 6) is 0.623. The van der Waals surface area contributed by atoms with Crippen LogP contribution in [0.1, 0.15) is 41.4 Å². The zero-order valence-electron chi connectivity index (χ0n) is 15.0. The van der Waals surface area contributed by atoms with Gasteiger partial charge in [-0.3, -0.25) is 4.98 Å². The van der Waals surface area contributed by atoms with Crippen LogP contribution in [0, 0.1) is 0 Å². The number of thiazole rings is 1. The summed E-state index contributed by atoms with van der Waals surface area (Å²) in [6, 6.07) is 12.3. The van der Waals surface area contributed by atoms with E-state index in [0.29, 0.717) is 5.92 Å². The Kier molecular flexibility index (Phi) is 5.58. The fourth-order valence-electron chi connectivity index (χ4n) is 3.75. The lowest BCUT2D eigenvalue weighted by molar-refractivity contribution is 0.209. The fourth-order valence-corrected chi connectivity index (χ4v) is 4.82. The highest BCUT2D eigenvalue weighted by atomic mass is 32.1. The van der Waals surface area contributed by atoms with Crippen molar-refractivity contribution in [1.82, 2.24) is 14.9 Å². The number of nitrogens with zero attached hydrogens (tertiary/aromatic N) is 3. The second-order valence-electron chi connectivity index (χ2n) is 7.04. The van der Waals surface area contributed by atoms with Gasteiger partial charge >= 0.3 is 0 Å². The molecule has 0 aliphatic carbocycles. The molecule has 136 valence electrons. The van der Waals surface area contributed by atoms with Gasteiger partial charge in [0.15, 0.2) is 0 Å². The number of aliphatic hydroxyl groups excluding tert-OH is 1. The number of hydrogen-bond acceptors (Lipinski definition) is 5. The number of fused-ring (bicyclic) bond motifs is 1. The quantitative estimate of drug-likeness (QED) is 0.715. The number of pyridine rings is 1. The molecule has 0 spiro atoms. The number of aryl methyl sites for hydroxylation is 1. The van der Waals surface area contributed by atoms with Gasteiger partial charge in [-0.05, 0) is 68.7 Å². The van der Waals surface area contributed by atoms with E-state index in [4.69, 9.17) is 4.98 Å². The molecule has 0 unspecified atom stereocenters. The van der Waals surface area contributed by atoms with Crippen molar-refractivity contribution >= 4 is 21.6 Å². The highest BCUT2D eigenvalue weighted by Gasteiger charge is 2.21. The summed E-state index contributed by atoms with van der Waals surface area (Å²) in [5.41, 5.74) is 3.27. The van der Waals surface area contributed by atoms with Crippen molar-refractivity contribution < 1.29 is 5.11 Å². The predicted molar refractivity (Wildman–Crippen MR) is 107 cm³/mol. The largest absolute Gasteiger partial charge is 0.392 e. The van der Waals surface area contributed by atoms with Gasteiger partial charge in [0.05, 0.1) is 21.8 Å². The average molecular weight is 368 g/mol. The Labute approximate surface area is 158 Å². The van der Waals surface area contributed by atoms with Crippen LogP contribution >= 0.6 is 11.3 Å². The molecule has 2 aromatic heterocycles. The first-order chi connectivity index (χ1) is 12.8. The molecule has 1 aromatic carbocycles. The average Bonchev–Trinajstić information content (AvgIpc) is 3.11. The summed E-state index contributed by atoms with van der Waals surface area (Å²) < 4.78 is 1.18. The number of hydrogen-bond donors (Lipinski definition) is 1. The first kappa shape index (κ1) is 17.6. The van der Waals surface area contributed by atoms with E-state index in [1.807, 2.05) is 24.4 Å². The van der Waals surface area contributed by atoms with Crippen LogP contribution in [0.15, 0.2) is 42.6 Å². The summed E-state index contributed by atoms with van der Waals surface area (Å²) in [6.45, 7) is 3.58. The van der Waals surface area contributed by atoms with E-state index in [0.717, 1.165) is 30.5 Å². The lowest BCUT2D eigenvalue weighted by atomic mass is 9.93. The first-order valence-electron chi connectivity index (χ1n) is 9.44. The summed E-state index contributed by atoms with van der Waals surface area (Å²) in [4.78, 5) is 11.8. The van der Waals surface area contributed by atoms with E-state index >= 15 is 0 Å². The third-order valence-corrected chi connectivity index (χ3v) is 6.32. The van der Waals surface area contributed by atoms with Gasteiger partial charge in [0, 0.05) is 24.2 Å². The maximum Gasteiger partial charge on any atom is 0.0939 e. The molecule has 1 aliphatic rings. The van der Waals surface area contributed by atoms with Gasteiger partial charge in [0.25, 0.3) is 0 Å². The van der Waals surface area contributed by atoms with Crippen molar-refractivity contribution in [2.24, 2.45) is 0 Å². The lowest BCUT2D eigenvalue weighted by Gasteiger charge is -2.31. The van der Waals surface area contributed by atoms with Crippen LogP contribution in [0.4, 0.5) is 0 Å². The third-order valence-electron chi connectivity index (χ3n) is 5.24. The molecule has 0 radical (unpaired) electrons. The predicted octanol–water partition coefficient (Wildman–Crippen LogP) is 4.00. The second kappa shape index (κ2) is 8.25. The summed E-state index contributed by atoms with van der Waals surface area (Å²) in [7, 11) is 0. The summed E-state index contributed by atoms with van der Waals surface area (Å²) >= 11 is 1.76. The second-order valence-corrected chi connectivity index (χ2v) is 8.16. The Morgan fingerprint density at radius 2 is 2.04 bits per heavy atom. The Balaban J connectivity index is 1.25. The van der Waals surface area contributed by atoms with Gasteiger partial charge < -0.3 is 10.0 Å². The van der Waals surface area contributed by atoms with Crippen molar-refractivity contribution in [1.29, 1.82) is 0 Å². The van der Waals surface area contributed by atoms with Crippen molar-refractivity contribution in [3.63, 3.8) is 0 Å². The zero-order chi connectivity index (χ0) is 17.8. The minimum Gasteiger partial charge on any atom is -0.392 e. The van der Waals surface area contributed by atoms with E-state index < -0.39 is 0 Å². The summed E-state index contributed by atoms with van der Waals surface area (Å²) in [5, 5.41) is 10.5. The molecule has 4 nitrogen and oxygen atoms in total. The number of likely N-dealkylation sites (tertiary alicyclic amines) is 1. The molecule has 1 saturated heterocycles. The Morgan fingerprint density at radius 3 is 2.81 bits per heavy atom. The first-order valence-corrected chi connectivity index (χ1v) is 10.3. The number of benzene rings is 1. The molecule has 1 N–H and O–H groups in total. The molecule has 1 aliphatic heterocycles. The lowest BCUT2D eigenvalue weighted by Crippen LogP contribution is -2.34. The van der Waals surface area contributed by atoms with Crippen molar-refractivity contribution in [2.45, 2.75) is 38.2 Å². The van der Waals surface area contributed by atoms with Gasteiger partial charge in [0.2, 0.25) is 0 Å². The number of piperidine rings is 1. The number of aliphatic hydroxyl groups is 1. The minimum absolute atomic E-state index is 0.0949. The van der Waals surface area contributed by atoms with Crippen LogP contribution in [-0.2, 0) is 13.0 Å². The smallest absolute Gasteiger partial charge is 0.0939 e. The van der Waals surface area contributed by atoms with E-state index in [9.17, 15) is 5.11 Å². The minimum atomic E-state index is 0.0949. The van der Waals surface area contributed by atoms with Crippen LogP contribution < -0.4 is 0 Å². The zero-order valence-corrected chi connectivity index (χ0v) is 15.8. The molecule has 1 fully saturated rings. The topological polar surface area (TPSA) is 49.3 Å². The third kappa shape index (κ3) is 4.11. The standard InChI is InChI=1S/C21H25N3OS/c25-15-16-6-7-19-20(14-16)26-21(23-19)5-3-11-24-12-8-17(9-13-24)18-4-1-2-10-22-18/h1-2,4,6-7,10,14,17,25H,3,5,8-9,11-13,15H2. The molecule has 0 saturated carbocycles. The van der Waals surface area contributed by atoms with Crippen LogP contribution in [0.25, 0.3) is 10.2 Å². The molecule has 3 heterocycles. The molecule has 0 amide bonds. The molecule has 5 heteroatoms. The van der Waals surface area contributed by atoms with Crippen LogP contribution in [-0.4, -0.2) is 39.6 Å². The van der Waals surface area contributed by atoms with Crippen LogP contribution in [0.5, 0.6) is 0 Å². The normalized spacial score (nSPS) is 16.3. The maximum atomic E-state index is 9.26.